The largest absolute Gasteiger partial charge is 0.416 e. The Labute approximate surface area is 193 Å². The summed E-state index contributed by atoms with van der Waals surface area (Å²) in [5.41, 5.74) is 0.568. The second-order valence-electron chi connectivity index (χ2n) is 10.8. The lowest BCUT2D eigenvalue weighted by atomic mass is 9.67. The van der Waals surface area contributed by atoms with Gasteiger partial charge in [0.05, 0.1) is 11.3 Å². The number of nitrogens with zero attached hydrogens (tertiary/aromatic N) is 1. The van der Waals surface area contributed by atoms with Crippen LogP contribution in [0.15, 0.2) is 52.1 Å². The Morgan fingerprint density at radius 2 is 1.73 bits per heavy atom. The molecule has 1 N–H and O–H groups in total. The van der Waals surface area contributed by atoms with Crippen LogP contribution in [0.2, 0.25) is 0 Å². The molecule has 3 aliphatic rings. The molecule has 33 heavy (non-hydrogen) atoms. The Kier molecular flexibility index (Phi) is 5.97. The van der Waals surface area contributed by atoms with Crippen LogP contribution < -0.4 is 0 Å². The predicted molar refractivity (Wildman–Crippen MR) is 123 cm³/mol. The van der Waals surface area contributed by atoms with E-state index in [1.54, 1.807) is 0 Å². The minimum Gasteiger partial charge on any atom is -0.365 e. The van der Waals surface area contributed by atoms with Crippen LogP contribution in [0.1, 0.15) is 82.1 Å². The van der Waals surface area contributed by atoms with Crippen LogP contribution in [0, 0.1) is 17.3 Å². The van der Waals surface area contributed by atoms with Gasteiger partial charge in [0, 0.05) is 23.1 Å². The molecule has 0 saturated heterocycles. The van der Waals surface area contributed by atoms with E-state index >= 15 is 0 Å². The molecule has 4 rings (SSSR count). The molecule has 1 fully saturated rings. The first-order valence-electron chi connectivity index (χ1n) is 11.8. The van der Waals surface area contributed by atoms with Crippen molar-refractivity contribution in [3.8, 4) is 0 Å². The molecular weight excluding hydrogens is 427 g/mol. The molecule has 0 bridgehead atoms. The first-order chi connectivity index (χ1) is 15.3. The number of dihydropyridines is 1. The number of halogens is 3. The van der Waals surface area contributed by atoms with Crippen LogP contribution in [0.5, 0.6) is 0 Å². The highest BCUT2D eigenvalue weighted by Crippen LogP contribution is 2.51. The zero-order valence-electron chi connectivity index (χ0n) is 19.7. The maximum Gasteiger partial charge on any atom is 0.416 e. The second kappa shape index (κ2) is 8.23. The summed E-state index contributed by atoms with van der Waals surface area (Å²) in [5.74, 6) is -0.294. The van der Waals surface area contributed by atoms with Gasteiger partial charge in [-0.1, -0.05) is 58.7 Å². The van der Waals surface area contributed by atoms with Gasteiger partial charge in [0.25, 0.3) is 0 Å². The van der Waals surface area contributed by atoms with Crippen molar-refractivity contribution in [2.24, 2.45) is 22.2 Å². The number of rotatable bonds is 4. The molecule has 3 nitrogen and oxygen atoms in total. The van der Waals surface area contributed by atoms with Gasteiger partial charge in [0.2, 0.25) is 0 Å². The van der Waals surface area contributed by atoms with Crippen LogP contribution in [-0.2, 0) is 6.18 Å². The van der Waals surface area contributed by atoms with Gasteiger partial charge in [-0.3, -0.25) is 9.79 Å². The molecule has 1 aliphatic heterocycles. The topological polar surface area (TPSA) is 49.7 Å². The molecule has 0 radical (unpaired) electrons. The van der Waals surface area contributed by atoms with E-state index in [-0.39, 0.29) is 28.6 Å². The summed E-state index contributed by atoms with van der Waals surface area (Å²) in [5, 5.41) is 11.7. The maximum atomic E-state index is 13.8. The molecule has 178 valence electrons. The van der Waals surface area contributed by atoms with Crippen LogP contribution in [0.4, 0.5) is 13.2 Å². The molecule has 1 aromatic carbocycles. The van der Waals surface area contributed by atoms with Gasteiger partial charge in [-0.05, 0) is 54.2 Å². The maximum absolute atomic E-state index is 13.8. The number of fused-ring (bicyclic) bond motifs is 1. The van der Waals surface area contributed by atoms with Crippen molar-refractivity contribution in [3.63, 3.8) is 0 Å². The lowest BCUT2D eigenvalue weighted by molar-refractivity contribution is -0.137. The van der Waals surface area contributed by atoms with Crippen molar-refractivity contribution in [1.29, 1.82) is 0 Å². The normalized spacial score (nSPS) is 25.7. The fourth-order valence-corrected chi connectivity index (χ4v) is 5.58. The number of Topliss-reactive ketones (excluding diaryl/α,β-unsaturated/α-hetero) is 1. The van der Waals surface area contributed by atoms with Gasteiger partial charge in [-0.15, -0.1) is 0 Å². The standard InChI is InChI=1S/C27H32F3NO2/c1-16(2)23-22(24(32)18-9-11-19(12-10-18)27(28,29)30)21(17-7-5-6-8-17)20-13-14-25(3,4)15-26(20,33)31-23/h9-13,16-17,33H,5-8,14-15H2,1-4H3/t26-/m0/s1. The van der Waals surface area contributed by atoms with E-state index in [2.05, 4.69) is 13.8 Å². The molecule has 1 saturated carbocycles. The quantitative estimate of drug-likeness (QED) is 0.497. The number of hydrogen-bond acceptors (Lipinski definition) is 3. The molecule has 1 aromatic rings. The summed E-state index contributed by atoms with van der Waals surface area (Å²) >= 11 is 0. The summed E-state index contributed by atoms with van der Waals surface area (Å²) in [6.45, 7) is 8.09. The van der Waals surface area contributed by atoms with Gasteiger partial charge in [0.1, 0.15) is 0 Å². The molecule has 1 atom stereocenters. The van der Waals surface area contributed by atoms with Crippen molar-refractivity contribution in [2.45, 2.75) is 78.1 Å². The number of carbonyl (C=O) groups is 1. The average molecular weight is 460 g/mol. The molecule has 1 heterocycles. The molecule has 6 heteroatoms. The van der Waals surface area contributed by atoms with Crippen LogP contribution in [-0.4, -0.2) is 22.3 Å². The number of benzene rings is 1. The summed E-state index contributed by atoms with van der Waals surface area (Å²) in [6.07, 6.45) is 2.81. The van der Waals surface area contributed by atoms with Crippen molar-refractivity contribution in [1.82, 2.24) is 0 Å². The summed E-state index contributed by atoms with van der Waals surface area (Å²) in [7, 11) is 0. The zero-order valence-corrected chi connectivity index (χ0v) is 19.7. The number of alkyl halides is 3. The van der Waals surface area contributed by atoms with E-state index < -0.39 is 17.5 Å². The third-order valence-electron chi connectivity index (χ3n) is 7.15. The number of ketones is 1. The zero-order chi connectivity index (χ0) is 24.2. The number of hydrogen-bond donors (Lipinski definition) is 1. The van der Waals surface area contributed by atoms with Crippen molar-refractivity contribution in [3.05, 3.63) is 58.2 Å². The molecule has 0 amide bonds. The third kappa shape index (κ3) is 4.46. The SMILES string of the molecule is CC(C)C1=N[C@]2(O)CC(C)(C)CC=C2C(C2CCCC2)=C1C(=O)c1ccc(C(F)(F)F)cc1. The summed E-state index contributed by atoms with van der Waals surface area (Å²) in [6, 6.07) is 4.41. The Hall–Kier alpha value is -2.21. The fourth-order valence-electron chi connectivity index (χ4n) is 5.58. The van der Waals surface area contributed by atoms with Gasteiger partial charge >= 0.3 is 6.18 Å². The van der Waals surface area contributed by atoms with Crippen LogP contribution in [0.25, 0.3) is 0 Å². The van der Waals surface area contributed by atoms with E-state index in [4.69, 9.17) is 4.99 Å². The number of allylic oxidation sites excluding steroid dienone is 2. The molecule has 0 aromatic heterocycles. The second-order valence-corrected chi connectivity index (χ2v) is 10.8. The molecular formula is C27H32F3NO2. The Balaban J connectivity index is 1.90. The van der Waals surface area contributed by atoms with Crippen LogP contribution in [0.3, 0.4) is 0 Å². The minimum atomic E-state index is -4.46. The average Bonchev–Trinajstić information content (AvgIpc) is 3.24. The van der Waals surface area contributed by atoms with Crippen molar-refractivity contribution < 1.29 is 23.1 Å². The summed E-state index contributed by atoms with van der Waals surface area (Å²) < 4.78 is 39.2. The lowest BCUT2D eigenvalue weighted by Gasteiger charge is -2.45. The molecule has 2 aliphatic carbocycles. The summed E-state index contributed by atoms with van der Waals surface area (Å²) in [4.78, 5) is 18.6. The predicted octanol–water partition coefficient (Wildman–Crippen LogP) is 6.92. The van der Waals surface area contributed by atoms with E-state index in [1.807, 2.05) is 19.9 Å². The highest BCUT2D eigenvalue weighted by molar-refractivity contribution is 6.30. The van der Waals surface area contributed by atoms with Gasteiger partial charge < -0.3 is 5.11 Å². The monoisotopic (exact) mass is 459 g/mol. The minimum absolute atomic E-state index is 0.120. The van der Waals surface area contributed by atoms with E-state index in [9.17, 15) is 23.1 Å². The van der Waals surface area contributed by atoms with Crippen LogP contribution >= 0.6 is 0 Å². The third-order valence-corrected chi connectivity index (χ3v) is 7.15. The first kappa shape index (κ1) is 23.9. The Bertz CT molecular complexity index is 1040. The van der Waals surface area contributed by atoms with Crippen molar-refractivity contribution in [2.75, 3.05) is 0 Å². The highest BCUT2D eigenvalue weighted by atomic mass is 19.4. The number of aliphatic hydroxyl groups is 1. The van der Waals surface area contributed by atoms with Crippen molar-refractivity contribution >= 4 is 11.5 Å². The first-order valence-corrected chi connectivity index (χ1v) is 11.8. The molecule has 0 spiro atoms. The number of carbonyl (C=O) groups excluding carboxylic acids is 1. The van der Waals surface area contributed by atoms with Gasteiger partial charge in [0.15, 0.2) is 11.5 Å². The molecule has 0 unspecified atom stereocenters. The Morgan fingerprint density at radius 3 is 2.27 bits per heavy atom. The lowest BCUT2D eigenvalue weighted by Crippen LogP contribution is -2.45. The van der Waals surface area contributed by atoms with E-state index in [0.717, 1.165) is 55.4 Å². The van der Waals surface area contributed by atoms with E-state index in [1.165, 1.54) is 12.1 Å². The van der Waals surface area contributed by atoms with Gasteiger partial charge in [-0.25, -0.2) is 0 Å². The Morgan fingerprint density at radius 1 is 1.12 bits per heavy atom. The van der Waals surface area contributed by atoms with Gasteiger partial charge in [-0.2, -0.15) is 13.2 Å². The van der Waals surface area contributed by atoms with E-state index in [0.29, 0.717) is 17.7 Å². The number of aliphatic imine (C=N–C) groups is 1. The highest BCUT2D eigenvalue weighted by Gasteiger charge is 2.48. The smallest absolute Gasteiger partial charge is 0.365 e. The fraction of sp³-hybridized carbons (Fsp3) is 0.556.